The van der Waals surface area contributed by atoms with Crippen LogP contribution in [0.1, 0.15) is 40.0 Å². The number of hydrogen-bond acceptors (Lipinski definition) is 0. The zero-order chi connectivity index (χ0) is 11.0. The molecule has 0 fully saturated rings. The molecule has 0 aliphatic rings. The number of hydrogen-bond donors (Lipinski definition) is 0. The van der Waals surface area contributed by atoms with Crippen LogP contribution >= 0.6 is 0 Å². The second kappa shape index (κ2) is 7.48. The van der Waals surface area contributed by atoms with Crippen LogP contribution in [0.3, 0.4) is 0 Å². The fourth-order valence-electron chi connectivity index (χ4n) is 1.79. The van der Waals surface area contributed by atoms with Gasteiger partial charge in [0.05, 0.1) is 0 Å². The molecule has 0 nitrogen and oxygen atoms in total. The van der Waals surface area contributed by atoms with Gasteiger partial charge in [-0.25, -0.2) is 0 Å². The van der Waals surface area contributed by atoms with Gasteiger partial charge in [-0.15, -0.1) is 18.1 Å². The maximum absolute atomic E-state index is 5.38. The molecule has 14 heavy (non-hydrogen) atoms. The summed E-state index contributed by atoms with van der Waals surface area (Å²) in [5.41, 5.74) is 2.85. The first-order valence-corrected chi connectivity index (χ1v) is 5.46. The van der Waals surface area contributed by atoms with Crippen molar-refractivity contribution in [1.29, 1.82) is 0 Å². The van der Waals surface area contributed by atoms with Crippen molar-refractivity contribution >= 4 is 0 Å². The average Bonchev–Trinajstić information content (AvgIpc) is 2.16. The summed E-state index contributed by atoms with van der Waals surface area (Å²) in [6, 6.07) is 0. The van der Waals surface area contributed by atoms with Crippen molar-refractivity contribution in [3.8, 4) is 12.3 Å². The van der Waals surface area contributed by atoms with E-state index in [1.165, 1.54) is 12.8 Å². The fraction of sp³-hybridized carbons (Fsp3) is 0.643. The van der Waals surface area contributed by atoms with E-state index in [4.69, 9.17) is 6.42 Å². The Labute approximate surface area is 89.1 Å². The summed E-state index contributed by atoms with van der Waals surface area (Å²) in [6.45, 7) is 10.2. The molecule has 3 atom stereocenters. The van der Waals surface area contributed by atoms with Crippen LogP contribution in [0.5, 0.6) is 0 Å². The van der Waals surface area contributed by atoms with Crippen molar-refractivity contribution in [1.82, 2.24) is 0 Å². The number of terminal acetylenes is 1. The Morgan fingerprint density at radius 1 is 1.36 bits per heavy atom. The van der Waals surface area contributed by atoms with Crippen molar-refractivity contribution in [2.45, 2.75) is 40.0 Å². The molecule has 0 N–H and O–H groups in total. The third kappa shape index (κ3) is 5.68. The quantitative estimate of drug-likeness (QED) is 0.438. The molecule has 78 valence electrons. The molecule has 0 spiro atoms. The van der Waals surface area contributed by atoms with Gasteiger partial charge in [0.15, 0.2) is 0 Å². The molecule has 0 bridgehead atoms. The van der Waals surface area contributed by atoms with E-state index in [9.17, 15) is 0 Å². The zero-order valence-electron chi connectivity index (χ0n) is 9.72. The van der Waals surface area contributed by atoms with Gasteiger partial charge < -0.3 is 0 Å². The van der Waals surface area contributed by atoms with Gasteiger partial charge in [0.2, 0.25) is 0 Å². The number of allylic oxidation sites excluding steroid dienone is 1. The molecule has 0 rings (SSSR count). The average molecular weight is 190 g/mol. The first-order valence-electron chi connectivity index (χ1n) is 5.46. The lowest BCUT2D eigenvalue weighted by Gasteiger charge is -2.18. The van der Waals surface area contributed by atoms with Crippen molar-refractivity contribution in [3.05, 3.63) is 18.4 Å². The van der Waals surface area contributed by atoms with E-state index in [2.05, 4.69) is 39.0 Å². The van der Waals surface area contributed by atoms with Gasteiger partial charge in [0, 0.05) is 5.92 Å². The third-order valence-corrected chi connectivity index (χ3v) is 2.66. The van der Waals surface area contributed by atoms with E-state index < -0.39 is 0 Å². The Morgan fingerprint density at radius 2 is 2.00 bits per heavy atom. The minimum atomic E-state index is 0.403. The Hall–Kier alpha value is -0.920. The molecule has 0 aromatic carbocycles. The second-order valence-corrected chi connectivity index (χ2v) is 4.16. The van der Waals surface area contributed by atoms with E-state index >= 15 is 0 Å². The van der Waals surface area contributed by atoms with Crippen LogP contribution in [0, 0.1) is 30.1 Å². The molecule has 3 unspecified atom stereocenters. The Balaban J connectivity index is 4.03. The van der Waals surface area contributed by atoms with E-state index in [1.54, 1.807) is 0 Å². The highest BCUT2D eigenvalue weighted by Gasteiger charge is 2.12. The third-order valence-electron chi connectivity index (χ3n) is 2.66. The van der Waals surface area contributed by atoms with Crippen LogP contribution in [0.25, 0.3) is 0 Å². The zero-order valence-corrected chi connectivity index (χ0v) is 9.72. The minimum absolute atomic E-state index is 0.403. The second-order valence-electron chi connectivity index (χ2n) is 4.16. The molecule has 0 heteroatoms. The van der Waals surface area contributed by atoms with Gasteiger partial charge in [-0.3, -0.25) is 0 Å². The highest BCUT2D eigenvalue weighted by atomic mass is 14.2. The van der Waals surface area contributed by atoms with Crippen molar-refractivity contribution in [2.24, 2.45) is 17.8 Å². The predicted octanol–water partition coefficient (Wildman–Crippen LogP) is 4.04. The molecule has 0 heterocycles. The molecule has 0 aromatic rings. The van der Waals surface area contributed by atoms with Crippen molar-refractivity contribution < 1.29 is 0 Å². The summed E-state index contributed by atoms with van der Waals surface area (Å²) in [6.07, 6.45) is 11.0. The van der Waals surface area contributed by atoms with Crippen LogP contribution in [-0.4, -0.2) is 0 Å². The van der Waals surface area contributed by atoms with E-state index in [0.717, 1.165) is 12.3 Å². The molecule has 0 saturated heterocycles. The Morgan fingerprint density at radius 3 is 2.43 bits per heavy atom. The first-order chi connectivity index (χ1) is 6.63. The molecular formula is C14H22. The highest BCUT2D eigenvalue weighted by Crippen LogP contribution is 2.23. The van der Waals surface area contributed by atoms with E-state index in [1.807, 2.05) is 6.08 Å². The highest BCUT2D eigenvalue weighted by molar-refractivity contribution is 4.92. The lowest BCUT2D eigenvalue weighted by atomic mass is 9.87. The Kier molecular flexibility index (Phi) is 6.99. The first kappa shape index (κ1) is 13.1. The van der Waals surface area contributed by atoms with Crippen LogP contribution in [-0.2, 0) is 0 Å². The molecule has 0 aliphatic heterocycles. The lowest BCUT2D eigenvalue weighted by molar-refractivity contribution is 0.366. The summed E-state index contributed by atoms with van der Waals surface area (Å²) in [4.78, 5) is 0. The van der Waals surface area contributed by atoms with Gasteiger partial charge in [0.1, 0.15) is 0 Å². The summed E-state index contributed by atoms with van der Waals surface area (Å²) in [5.74, 6) is 4.51. The van der Waals surface area contributed by atoms with Gasteiger partial charge in [-0.2, -0.15) is 0 Å². The van der Waals surface area contributed by atoms with Crippen LogP contribution in [0.2, 0.25) is 0 Å². The maximum atomic E-state index is 5.38. The lowest BCUT2D eigenvalue weighted by Crippen LogP contribution is -2.08. The summed E-state index contributed by atoms with van der Waals surface area (Å²) in [7, 11) is 0. The summed E-state index contributed by atoms with van der Waals surface area (Å²) in [5, 5.41) is 0. The van der Waals surface area contributed by atoms with Gasteiger partial charge >= 0.3 is 0 Å². The smallest absolute Gasteiger partial charge is 0.0174 e. The van der Waals surface area contributed by atoms with E-state index in [0.29, 0.717) is 11.8 Å². The molecule has 0 amide bonds. The van der Waals surface area contributed by atoms with Crippen LogP contribution in [0.4, 0.5) is 0 Å². The monoisotopic (exact) mass is 190 g/mol. The summed E-state index contributed by atoms with van der Waals surface area (Å²) >= 11 is 0. The summed E-state index contributed by atoms with van der Waals surface area (Å²) < 4.78 is 0. The van der Waals surface area contributed by atoms with Crippen molar-refractivity contribution in [3.63, 3.8) is 0 Å². The standard InChI is InChI=1S/C14H22/c1-6-9-13(5)11-14(8-3)10-12(4)7-2/h2,9,12-14H,1,8,10-11H2,3-5H3. The van der Waals surface area contributed by atoms with Gasteiger partial charge in [-0.05, 0) is 30.8 Å². The topological polar surface area (TPSA) is 0 Å². The van der Waals surface area contributed by atoms with Gasteiger partial charge in [0.25, 0.3) is 0 Å². The van der Waals surface area contributed by atoms with Gasteiger partial charge in [-0.1, -0.05) is 33.8 Å². The predicted molar refractivity (Wildman–Crippen MR) is 63.9 cm³/mol. The van der Waals surface area contributed by atoms with E-state index in [-0.39, 0.29) is 0 Å². The molecule has 0 aliphatic carbocycles. The largest absolute Gasteiger partial charge is 0.133 e. The van der Waals surface area contributed by atoms with Crippen molar-refractivity contribution in [2.75, 3.05) is 0 Å². The Bertz CT molecular complexity index is 225. The minimum Gasteiger partial charge on any atom is -0.133 e. The van der Waals surface area contributed by atoms with Crippen LogP contribution in [0.15, 0.2) is 18.4 Å². The fourth-order valence-corrected chi connectivity index (χ4v) is 1.79. The SMILES string of the molecule is C#CC(C)CC(CC)CC(C)C=C=C. The molecular weight excluding hydrogens is 168 g/mol. The molecule has 0 radical (unpaired) electrons. The molecule has 0 saturated carbocycles. The van der Waals surface area contributed by atoms with Crippen LogP contribution < -0.4 is 0 Å². The molecule has 0 aromatic heterocycles. The number of rotatable bonds is 6. The normalized spacial score (nSPS) is 16.1. The maximum Gasteiger partial charge on any atom is 0.0174 e.